The Morgan fingerprint density at radius 3 is 2.72 bits per heavy atom. The Morgan fingerprint density at radius 1 is 1.33 bits per heavy atom. The van der Waals surface area contributed by atoms with Crippen molar-refractivity contribution < 1.29 is 0 Å². The zero-order chi connectivity index (χ0) is 13.1. The van der Waals surface area contributed by atoms with Crippen molar-refractivity contribution >= 4 is 22.6 Å². The van der Waals surface area contributed by atoms with Crippen LogP contribution in [0.3, 0.4) is 0 Å². The van der Waals surface area contributed by atoms with Crippen LogP contribution in [0.5, 0.6) is 0 Å². The molecule has 0 bridgehead atoms. The minimum absolute atomic E-state index is 0.0423. The fourth-order valence-electron chi connectivity index (χ4n) is 2.27. The van der Waals surface area contributed by atoms with E-state index >= 15 is 0 Å². The van der Waals surface area contributed by atoms with Crippen LogP contribution in [-0.2, 0) is 13.0 Å². The molecule has 0 aliphatic carbocycles. The maximum atomic E-state index is 6.25. The number of benzene rings is 1. The van der Waals surface area contributed by atoms with Gasteiger partial charge in [0.15, 0.2) is 0 Å². The topological polar surface area (TPSA) is 17.8 Å². The molecule has 0 spiro atoms. The third kappa shape index (κ3) is 2.54. The number of rotatable bonds is 5. The maximum Gasteiger partial charge on any atom is 0.127 e. The largest absolute Gasteiger partial charge is 0.327 e. The van der Waals surface area contributed by atoms with E-state index in [0.29, 0.717) is 0 Å². The van der Waals surface area contributed by atoms with E-state index in [2.05, 4.69) is 36.6 Å². The van der Waals surface area contributed by atoms with Crippen molar-refractivity contribution in [2.45, 2.75) is 52.0 Å². The molecule has 1 aromatic heterocycles. The molecule has 0 saturated heterocycles. The molecule has 2 rings (SSSR count). The summed E-state index contributed by atoms with van der Waals surface area (Å²) in [7, 11) is 0. The van der Waals surface area contributed by atoms with Crippen molar-refractivity contribution in [1.29, 1.82) is 0 Å². The Balaban J connectivity index is 2.52. The number of hydrogen-bond acceptors (Lipinski definition) is 1. The molecule has 0 fully saturated rings. The summed E-state index contributed by atoms with van der Waals surface area (Å²) in [6, 6.07) is 6.55. The lowest BCUT2D eigenvalue weighted by atomic mass is 10.1. The van der Waals surface area contributed by atoms with E-state index in [-0.39, 0.29) is 5.38 Å². The lowest BCUT2D eigenvalue weighted by Crippen LogP contribution is -2.04. The number of fused-ring (bicyclic) bond motifs is 1. The van der Waals surface area contributed by atoms with Crippen LogP contribution < -0.4 is 0 Å². The van der Waals surface area contributed by atoms with Gasteiger partial charge in [0.25, 0.3) is 0 Å². The zero-order valence-corrected chi connectivity index (χ0v) is 12.2. The molecule has 0 saturated carbocycles. The van der Waals surface area contributed by atoms with Crippen LogP contribution in [0.2, 0.25) is 0 Å². The molecule has 0 N–H and O–H groups in total. The molecule has 0 aliphatic rings. The molecule has 3 heteroatoms. The Kier molecular flexibility index (Phi) is 4.28. The molecule has 2 aromatic rings. The normalized spacial score (nSPS) is 13.1. The molecule has 1 atom stereocenters. The van der Waals surface area contributed by atoms with Crippen LogP contribution in [0.25, 0.3) is 11.0 Å². The molecule has 0 aliphatic heterocycles. The zero-order valence-electron chi connectivity index (χ0n) is 11.4. The van der Waals surface area contributed by atoms with Gasteiger partial charge in [-0.1, -0.05) is 26.3 Å². The smallest absolute Gasteiger partial charge is 0.127 e. The molecule has 0 amide bonds. The first kappa shape index (κ1) is 13.4. The Hall–Kier alpha value is -1.02. The number of nitrogens with zero attached hydrogens (tertiary/aromatic N) is 2. The van der Waals surface area contributed by atoms with Crippen LogP contribution in [0.4, 0.5) is 0 Å². The van der Waals surface area contributed by atoms with Gasteiger partial charge in [0.05, 0.1) is 16.4 Å². The van der Waals surface area contributed by atoms with Crippen molar-refractivity contribution in [1.82, 2.24) is 9.55 Å². The van der Waals surface area contributed by atoms with Gasteiger partial charge in [-0.05, 0) is 37.5 Å². The van der Waals surface area contributed by atoms with E-state index < -0.39 is 0 Å². The Labute approximate surface area is 114 Å². The number of aryl methyl sites for hydroxylation is 2. The molecule has 18 heavy (non-hydrogen) atoms. The summed E-state index contributed by atoms with van der Waals surface area (Å²) in [4.78, 5) is 4.70. The van der Waals surface area contributed by atoms with Crippen molar-refractivity contribution in [3.63, 3.8) is 0 Å². The van der Waals surface area contributed by atoms with Gasteiger partial charge in [-0.2, -0.15) is 0 Å². The number of aromatic nitrogens is 2. The molecular formula is C15H21ClN2. The van der Waals surface area contributed by atoms with Gasteiger partial charge >= 0.3 is 0 Å². The summed E-state index contributed by atoms with van der Waals surface area (Å²) in [5, 5.41) is -0.0423. The Bertz CT molecular complexity index is 529. The molecule has 98 valence electrons. The first-order chi connectivity index (χ1) is 8.67. The monoisotopic (exact) mass is 264 g/mol. The summed E-state index contributed by atoms with van der Waals surface area (Å²) in [5.41, 5.74) is 3.62. The summed E-state index contributed by atoms with van der Waals surface area (Å²) in [6.07, 6.45) is 3.39. The molecule has 2 nitrogen and oxygen atoms in total. The first-order valence-corrected chi connectivity index (χ1v) is 7.24. The average Bonchev–Trinajstić information content (AvgIpc) is 2.74. The van der Waals surface area contributed by atoms with E-state index in [0.717, 1.165) is 30.7 Å². The number of hydrogen-bond donors (Lipinski definition) is 0. The first-order valence-electron chi connectivity index (χ1n) is 6.80. The second-order valence-electron chi connectivity index (χ2n) is 4.77. The lowest BCUT2D eigenvalue weighted by Gasteiger charge is -2.09. The second kappa shape index (κ2) is 5.75. The molecule has 0 radical (unpaired) electrons. The van der Waals surface area contributed by atoms with E-state index in [1.807, 2.05) is 6.92 Å². The predicted molar refractivity (Wildman–Crippen MR) is 78.3 cm³/mol. The summed E-state index contributed by atoms with van der Waals surface area (Å²) >= 11 is 6.25. The van der Waals surface area contributed by atoms with E-state index in [1.165, 1.54) is 17.5 Å². The third-order valence-electron chi connectivity index (χ3n) is 3.34. The quantitative estimate of drug-likeness (QED) is 0.716. The van der Waals surface area contributed by atoms with E-state index in [9.17, 15) is 0 Å². The molecule has 1 heterocycles. The minimum atomic E-state index is -0.0423. The molecule has 1 aromatic carbocycles. The van der Waals surface area contributed by atoms with Crippen molar-refractivity contribution in [3.05, 3.63) is 29.6 Å². The van der Waals surface area contributed by atoms with Gasteiger partial charge in [-0.15, -0.1) is 11.6 Å². The van der Waals surface area contributed by atoms with Gasteiger partial charge < -0.3 is 4.57 Å². The molecular weight excluding hydrogens is 244 g/mol. The third-order valence-corrected chi connectivity index (χ3v) is 3.54. The predicted octanol–water partition coefficient (Wildman–Crippen LogP) is 4.70. The van der Waals surface area contributed by atoms with Gasteiger partial charge in [0.1, 0.15) is 5.82 Å². The summed E-state index contributed by atoms with van der Waals surface area (Å²) < 4.78 is 2.27. The van der Waals surface area contributed by atoms with Crippen LogP contribution in [0.1, 0.15) is 50.4 Å². The van der Waals surface area contributed by atoms with Gasteiger partial charge in [0.2, 0.25) is 0 Å². The summed E-state index contributed by atoms with van der Waals surface area (Å²) in [5.74, 6) is 0.994. The van der Waals surface area contributed by atoms with Crippen LogP contribution in [-0.4, -0.2) is 9.55 Å². The van der Waals surface area contributed by atoms with Crippen LogP contribution in [0.15, 0.2) is 18.2 Å². The Morgan fingerprint density at radius 2 is 2.11 bits per heavy atom. The van der Waals surface area contributed by atoms with Crippen LogP contribution in [0, 0.1) is 0 Å². The number of imidazole rings is 1. The molecule has 1 unspecified atom stereocenters. The fraction of sp³-hybridized carbons (Fsp3) is 0.533. The van der Waals surface area contributed by atoms with Gasteiger partial charge in [-0.25, -0.2) is 4.98 Å². The second-order valence-corrected chi connectivity index (χ2v) is 5.42. The SMILES string of the molecule is CCCCn1c(C(C)Cl)nc2cc(CC)ccc21. The highest BCUT2D eigenvalue weighted by Gasteiger charge is 2.14. The lowest BCUT2D eigenvalue weighted by molar-refractivity contribution is 0.616. The number of alkyl halides is 1. The number of halogens is 1. The highest BCUT2D eigenvalue weighted by atomic mass is 35.5. The van der Waals surface area contributed by atoms with E-state index in [1.54, 1.807) is 0 Å². The van der Waals surface area contributed by atoms with Gasteiger partial charge in [0, 0.05) is 6.54 Å². The van der Waals surface area contributed by atoms with Crippen molar-refractivity contribution in [2.24, 2.45) is 0 Å². The fourth-order valence-corrected chi connectivity index (χ4v) is 2.44. The standard InChI is InChI=1S/C15H21ClN2/c1-4-6-9-18-14-8-7-12(5-2)10-13(14)17-15(18)11(3)16/h7-8,10-11H,4-6,9H2,1-3H3. The maximum absolute atomic E-state index is 6.25. The summed E-state index contributed by atoms with van der Waals surface area (Å²) in [6.45, 7) is 7.37. The van der Waals surface area contributed by atoms with Gasteiger partial charge in [-0.3, -0.25) is 0 Å². The highest BCUT2D eigenvalue weighted by Crippen LogP contribution is 2.25. The van der Waals surface area contributed by atoms with Crippen molar-refractivity contribution in [3.8, 4) is 0 Å². The van der Waals surface area contributed by atoms with Crippen LogP contribution >= 0.6 is 11.6 Å². The van der Waals surface area contributed by atoms with Crippen molar-refractivity contribution in [2.75, 3.05) is 0 Å². The number of unbranched alkanes of at least 4 members (excludes halogenated alkanes) is 1. The minimum Gasteiger partial charge on any atom is -0.327 e. The highest BCUT2D eigenvalue weighted by molar-refractivity contribution is 6.20. The average molecular weight is 265 g/mol. The van der Waals surface area contributed by atoms with E-state index in [4.69, 9.17) is 16.6 Å².